The maximum Gasteiger partial charge on any atom is 0.191 e. The monoisotopic (exact) mass is 391 g/mol. The molecule has 7 nitrogen and oxygen atoms in total. The molecule has 0 saturated carbocycles. The average molecular weight is 392 g/mol. The van der Waals surface area contributed by atoms with Gasteiger partial charge in [-0.05, 0) is 44.9 Å². The second-order valence-corrected chi connectivity index (χ2v) is 7.83. The first-order chi connectivity index (χ1) is 13.7. The lowest BCUT2D eigenvalue weighted by atomic mass is 10.1. The van der Waals surface area contributed by atoms with Crippen molar-refractivity contribution in [1.29, 1.82) is 0 Å². The molecule has 1 aromatic heterocycles. The third-order valence-electron chi connectivity index (χ3n) is 5.73. The molecule has 3 rings (SSSR count). The topological polar surface area (TPSA) is 65.3 Å². The SMILES string of the molecule is CCCN1CCC(NC(=NC)NCC(c2ccc(C)o2)N2CCOCC2)CC1. The quantitative estimate of drug-likeness (QED) is 0.548. The lowest BCUT2D eigenvalue weighted by Gasteiger charge is -2.35. The highest BCUT2D eigenvalue weighted by Crippen LogP contribution is 2.23. The molecule has 0 spiro atoms. The van der Waals surface area contributed by atoms with Gasteiger partial charge in [0.25, 0.3) is 0 Å². The van der Waals surface area contributed by atoms with Crippen molar-refractivity contribution >= 4 is 5.96 Å². The van der Waals surface area contributed by atoms with Crippen molar-refractivity contribution in [1.82, 2.24) is 20.4 Å². The number of guanidine groups is 1. The van der Waals surface area contributed by atoms with Crippen LogP contribution in [0.3, 0.4) is 0 Å². The van der Waals surface area contributed by atoms with Crippen LogP contribution in [0.1, 0.15) is 43.7 Å². The molecule has 158 valence electrons. The summed E-state index contributed by atoms with van der Waals surface area (Å²) in [7, 11) is 1.85. The molecular formula is C21H37N5O2. The van der Waals surface area contributed by atoms with Crippen LogP contribution in [0, 0.1) is 6.92 Å². The third kappa shape index (κ3) is 5.96. The highest BCUT2D eigenvalue weighted by molar-refractivity contribution is 5.80. The summed E-state index contributed by atoms with van der Waals surface area (Å²) in [6.07, 6.45) is 3.58. The number of hydrogen-bond acceptors (Lipinski definition) is 5. The van der Waals surface area contributed by atoms with Gasteiger partial charge in [0.05, 0.1) is 19.3 Å². The molecule has 0 radical (unpaired) electrons. The van der Waals surface area contributed by atoms with Crippen molar-refractivity contribution < 1.29 is 9.15 Å². The number of hydrogen-bond donors (Lipinski definition) is 2. The van der Waals surface area contributed by atoms with Gasteiger partial charge in [0.15, 0.2) is 5.96 Å². The zero-order valence-electron chi connectivity index (χ0n) is 17.7. The summed E-state index contributed by atoms with van der Waals surface area (Å²) in [5, 5.41) is 7.16. The molecule has 2 aliphatic heterocycles. The minimum absolute atomic E-state index is 0.183. The Balaban J connectivity index is 1.54. The van der Waals surface area contributed by atoms with Gasteiger partial charge in [0, 0.05) is 45.8 Å². The summed E-state index contributed by atoms with van der Waals surface area (Å²) in [6.45, 7) is 12.0. The minimum atomic E-state index is 0.183. The van der Waals surface area contributed by atoms with E-state index < -0.39 is 0 Å². The van der Waals surface area contributed by atoms with Gasteiger partial charge < -0.3 is 24.7 Å². The van der Waals surface area contributed by atoms with E-state index >= 15 is 0 Å². The summed E-state index contributed by atoms with van der Waals surface area (Å²) >= 11 is 0. The maximum atomic E-state index is 5.96. The van der Waals surface area contributed by atoms with Crippen LogP contribution in [-0.2, 0) is 4.74 Å². The van der Waals surface area contributed by atoms with E-state index in [1.165, 1.54) is 38.9 Å². The van der Waals surface area contributed by atoms with Crippen molar-refractivity contribution in [2.24, 2.45) is 4.99 Å². The zero-order chi connectivity index (χ0) is 19.8. The first kappa shape index (κ1) is 21.1. The molecule has 0 aliphatic carbocycles. The van der Waals surface area contributed by atoms with Gasteiger partial charge in [-0.1, -0.05) is 6.92 Å². The Morgan fingerprint density at radius 1 is 1.21 bits per heavy atom. The number of nitrogens with one attached hydrogen (secondary N) is 2. The summed E-state index contributed by atoms with van der Waals surface area (Å²) in [5.41, 5.74) is 0. The predicted molar refractivity (Wildman–Crippen MR) is 113 cm³/mol. The molecule has 2 fully saturated rings. The van der Waals surface area contributed by atoms with Crippen LogP contribution in [0.4, 0.5) is 0 Å². The van der Waals surface area contributed by atoms with Crippen LogP contribution in [0.2, 0.25) is 0 Å². The standard InChI is InChI=1S/C21H37N5O2/c1-4-9-25-10-7-18(8-11-25)24-21(22-3)23-16-19(20-6-5-17(2)28-20)26-12-14-27-15-13-26/h5-6,18-19H,4,7-16H2,1-3H3,(H2,22,23,24). The van der Waals surface area contributed by atoms with E-state index in [1.54, 1.807) is 0 Å². The third-order valence-corrected chi connectivity index (χ3v) is 5.73. The summed E-state index contributed by atoms with van der Waals surface area (Å²) in [4.78, 5) is 9.45. The van der Waals surface area contributed by atoms with Crippen molar-refractivity contribution in [3.05, 3.63) is 23.7 Å². The van der Waals surface area contributed by atoms with Crippen LogP contribution >= 0.6 is 0 Å². The van der Waals surface area contributed by atoms with E-state index in [2.05, 4.69) is 38.4 Å². The first-order valence-electron chi connectivity index (χ1n) is 10.8. The Morgan fingerprint density at radius 2 is 1.96 bits per heavy atom. The second-order valence-electron chi connectivity index (χ2n) is 7.83. The number of aliphatic imine (C=N–C) groups is 1. The molecule has 2 N–H and O–H groups in total. The smallest absolute Gasteiger partial charge is 0.191 e. The number of piperidine rings is 1. The van der Waals surface area contributed by atoms with Crippen LogP contribution in [0.15, 0.2) is 21.5 Å². The molecule has 1 unspecified atom stereocenters. The van der Waals surface area contributed by atoms with Crippen LogP contribution in [-0.4, -0.2) is 81.3 Å². The summed E-state index contributed by atoms with van der Waals surface area (Å²) in [6, 6.07) is 4.81. The zero-order valence-corrected chi connectivity index (χ0v) is 17.7. The molecule has 7 heteroatoms. The fourth-order valence-electron chi connectivity index (χ4n) is 4.13. The van der Waals surface area contributed by atoms with E-state index in [1.807, 2.05) is 20.0 Å². The normalized spacial score (nSPS) is 21.6. The van der Waals surface area contributed by atoms with E-state index in [9.17, 15) is 0 Å². The van der Waals surface area contributed by atoms with Crippen molar-refractivity contribution in [2.75, 3.05) is 59.5 Å². The van der Waals surface area contributed by atoms with Gasteiger partial charge in [-0.2, -0.15) is 0 Å². The molecular weight excluding hydrogens is 354 g/mol. The van der Waals surface area contributed by atoms with Crippen molar-refractivity contribution in [2.45, 2.75) is 45.2 Å². The Kier molecular flexibility index (Phi) is 8.18. The minimum Gasteiger partial charge on any atom is -0.465 e. The van der Waals surface area contributed by atoms with Crippen molar-refractivity contribution in [3.8, 4) is 0 Å². The number of morpholine rings is 1. The van der Waals surface area contributed by atoms with Crippen LogP contribution < -0.4 is 10.6 Å². The van der Waals surface area contributed by atoms with Crippen LogP contribution in [0.25, 0.3) is 0 Å². The van der Waals surface area contributed by atoms with Gasteiger partial charge in [0.2, 0.25) is 0 Å². The van der Waals surface area contributed by atoms with Gasteiger partial charge in [-0.25, -0.2) is 0 Å². The Hall–Kier alpha value is -1.57. The predicted octanol–water partition coefficient (Wildman–Crippen LogP) is 2.00. The Bertz CT molecular complexity index is 604. The van der Waals surface area contributed by atoms with Gasteiger partial charge in [-0.3, -0.25) is 9.89 Å². The summed E-state index contributed by atoms with van der Waals surface area (Å²) < 4.78 is 11.5. The fourth-order valence-corrected chi connectivity index (χ4v) is 4.13. The van der Waals surface area contributed by atoms with Crippen molar-refractivity contribution in [3.63, 3.8) is 0 Å². The molecule has 0 aromatic carbocycles. The largest absolute Gasteiger partial charge is 0.465 e. The number of nitrogens with zero attached hydrogens (tertiary/aromatic N) is 3. The number of rotatable bonds is 7. The van der Waals surface area contributed by atoms with Gasteiger partial charge in [-0.15, -0.1) is 0 Å². The average Bonchev–Trinajstić information content (AvgIpc) is 3.15. The lowest BCUT2D eigenvalue weighted by Crippen LogP contribution is -2.50. The molecule has 2 saturated heterocycles. The number of likely N-dealkylation sites (tertiary alicyclic amines) is 1. The van der Waals surface area contributed by atoms with Gasteiger partial charge in [0.1, 0.15) is 11.5 Å². The highest BCUT2D eigenvalue weighted by Gasteiger charge is 2.26. The van der Waals surface area contributed by atoms with E-state index in [0.717, 1.165) is 50.3 Å². The lowest BCUT2D eigenvalue weighted by molar-refractivity contribution is 0.0124. The van der Waals surface area contributed by atoms with Crippen LogP contribution in [0.5, 0.6) is 0 Å². The Morgan fingerprint density at radius 3 is 2.57 bits per heavy atom. The molecule has 28 heavy (non-hydrogen) atoms. The molecule has 2 aliphatic rings. The summed E-state index contributed by atoms with van der Waals surface area (Å²) in [5.74, 6) is 2.85. The first-order valence-corrected chi connectivity index (χ1v) is 10.8. The van der Waals surface area contributed by atoms with E-state index in [0.29, 0.717) is 6.04 Å². The molecule has 0 bridgehead atoms. The molecule has 1 atom stereocenters. The second kappa shape index (κ2) is 10.8. The van der Waals surface area contributed by atoms with Gasteiger partial charge >= 0.3 is 0 Å². The highest BCUT2D eigenvalue weighted by atomic mass is 16.5. The number of aryl methyl sites for hydroxylation is 1. The van der Waals surface area contributed by atoms with E-state index in [-0.39, 0.29) is 6.04 Å². The molecule has 0 amide bonds. The maximum absolute atomic E-state index is 5.96. The van der Waals surface area contributed by atoms with E-state index in [4.69, 9.17) is 9.15 Å². The molecule has 3 heterocycles. The fraction of sp³-hybridized carbons (Fsp3) is 0.762. The molecule has 1 aromatic rings. The Labute approximate surface area is 169 Å². The number of furan rings is 1. The number of ether oxygens (including phenoxy) is 1.